The van der Waals surface area contributed by atoms with Crippen molar-refractivity contribution in [3.63, 3.8) is 0 Å². The molecule has 4 saturated carbocycles. The first-order chi connectivity index (χ1) is 12.9. The topological polar surface area (TPSA) is 29.5 Å². The van der Waals surface area contributed by atoms with Crippen LogP contribution in [0.1, 0.15) is 92.4 Å². The van der Waals surface area contributed by atoms with E-state index in [1.807, 2.05) is 0 Å². The summed E-state index contributed by atoms with van der Waals surface area (Å²) >= 11 is 0. The van der Waals surface area contributed by atoms with E-state index in [9.17, 15) is 5.11 Å². The summed E-state index contributed by atoms with van der Waals surface area (Å²) in [5, 5.41) is 11.0. The van der Waals surface area contributed by atoms with E-state index in [0.29, 0.717) is 16.6 Å². The molecule has 4 aliphatic carbocycles. The molecule has 0 bridgehead atoms. The molecule has 0 amide bonds. The summed E-state index contributed by atoms with van der Waals surface area (Å²) < 4.78 is 6.88. The Labute approximate surface area is 175 Å². The zero-order chi connectivity index (χ0) is 20.5. The van der Waals surface area contributed by atoms with E-state index in [0.717, 1.165) is 30.1 Å². The number of hydrogen-bond donors (Lipinski definition) is 1. The summed E-state index contributed by atoms with van der Waals surface area (Å²) in [6.07, 6.45) is 12.1. The standard InChI is InChI=1S/C25H46O2Si/c1-23(2,3)28(6,7)27-18-12-14-24(4)17(16-18)8-9-19-20-10-11-22(26)25(20,5)15-13-21(19)24/h17-22,26H,8-16H2,1-7H3/t17-,18-,19-,20-,21-,22-,24-,25-/m0/s1. The Morgan fingerprint density at radius 2 is 1.50 bits per heavy atom. The van der Waals surface area contributed by atoms with Gasteiger partial charge in [0.15, 0.2) is 8.32 Å². The lowest BCUT2D eigenvalue weighted by Gasteiger charge is -2.61. The second-order valence-electron chi connectivity index (χ2n) is 13.1. The highest BCUT2D eigenvalue weighted by Crippen LogP contribution is 2.66. The summed E-state index contributed by atoms with van der Waals surface area (Å²) in [7, 11) is -1.67. The molecule has 1 N–H and O–H groups in total. The molecule has 2 nitrogen and oxygen atoms in total. The molecule has 4 aliphatic rings. The van der Waals surface area contributed by atoms with E-state index in [4.69, 9.17) is 4.43 Å². The van der Waals surface area contributed by atoms with Gasteiger partial charge in [0, 0.05) is 6.10 Å². The fourth-order valence-corrected chi connectivity index (χ4v) is 9.29. The highest BCUT2D eigenvalue weighted by atomic mass is 28.4. The van der Waals surface area contributed by atoms with E-state index >= 15 is 0 Å². The van der Waals surface area contributed by atoms with Crippen molar-refractivity contribution in [1.29, 1.82) is 0 Å². The largest absolute Gasteiger partial charge is 0.414 e. The molecule has 0 radical (unpaired) electrons. The van der Waals surface area contributed by atoms with Gasteiger partial charge in [-0.3, -0.25) is 0 Å². The van der Waals surface area contributed by atoms with Crippen LogP contribution >= 0.6 is 0 Å². The highest BCUT2D eigenvalue weighted by Gasteiger charge is 2.60. The lowest BCUT2D eigenvalue weighted by Crippen LogP contribution is -2.55. The maximum Gasteiger partial charge on any atom is 0.192 e. The Hall–Kier alpha value is 0.137. The van der Waals surface area contributed by atoms with Gasteiger partial charge >= 0.3 is 0 Å². The number of fused-ring (bicyclic) bond motifs is 5. The molecule has 0 unspecified atom stereocenters. The molecule has 28 heavy (non-hydrogen) atoms. The Balaban J connectivity index is 1.48. The Morgan fingerprint density at radius 1 is 0.857 bits per heavy atom. The number of aliphatic hydroxyl groups is 1. The average molecular weight is 407 g/mol. The first-order valence-corrected chi connectivity index (χ1v) is 15.2. The van der Waals surface area contributed by atoms with Gasteiger partial charge in [0.25, 0.3) is 0 Å². The zero-order valence-electron chi connectivity index (χ0n) is 19.7. The van der Waals surface area contributed by atoms with Gasteiger partial charge in [-0.1, -0.05) is 34.6 Å². The van der Waals surface area contributed by atoms with Crippen molar-refractivity contribution in [1.82, 2.24) is 0 Å². The second kappa shape index (κ2) is 6.82. The van der Waals surface area contributed by atoms with Crippen LogP contribution in [0, 0.1) is 34.5 Å². The zero-order valence-corrected chi connectivity index (χ0v) is 20.7. The lowest BCUT2D eigenvalue weighted by molar-refractivity contribution is -0.132. The molecule has 8 atom stereocenters. The van der Waals surface area contributed by atoms with Gasteiger partial charge in [-0.05, 0) is 110 Å². The molecule has 0 saturated heterocycles. The minimum Gasteiger partial charge on any atom is -0.414 e. The number of rotatable bonds is 2. The van der Waals surface area contributed by atoms with E-state index in [2.05, 4.69) is 47.7 Å². The summed E-state index contributed by atoms with van der Waals surface area (Å²) in [6, 6.07) is 0. The maximum atomic E-state index is 10.7. The minimum atomic E-state index is -1.67. The van der Waals surface area contributed by atoms with E-state index in [1.54, 1.807) is 0 Å². The van der Waals surface area contributed by atoms with Crippen molar-refractivity contribution in [3.05, 3.63) is 0 Å². The maximum absolute atomic E-state index is 10.7. The van der Waals surface area contributed by atoms with Crippen molar-refractivity contribution >= 4 is 8.32 Å². The van der Waals surface area contributed by atoms with Crippen LogP contribution in [0.4, 0.5) is 0 Å². The van der Waals surface area contributed by atoms with E-state index in [1.165, 1.54) is 51.4 Å². The molecule has 0 aromatic rings. The van der Waals surface area contributed by atoms with Gasteiger partial charge in [0.1, 0.15) is 0 Å². The van der Waals surface area contributed by atoms with Gasteiger partial charge in [0.05, 0.1) is 6.10 Å². The molecule has 0 heterocycles. The second-order valence-corrected chi connectivity index (χ2v) is 17.8. The Morgan fingerprint density at radius 3 is 2.18 bits per heavy atom. The third-order valence-corrected chi connectivity index (χ3v) is 15.4. The molecule has 4 rings (SSSR count). The fraction of sp³-hybridized carbons (Fsp3) is 1.00. The smallest absolute Gasteiger partial charge is 0.192 e. The van der Waals surface area contributed by atoms with Crippen LogP contribution in [0.3, 0.4) is 0 Å². The Bertz CT molecular complexity index is 596. The lowest BCUT2D eigenvalue weighted by atomic mass is 9.45. The normalized spacial score (nSPS) is 49.3. The molecular formula is C25H46O2Si. The first-order valence-electron chi connectivity index (χ1n) is 12.2. The van der Waals surface area contributed by atoms with Crippen LogP contribution in [0.25, 0.3) is 0 Å². The molecule has 4 fully saturated rings. The van der Waals surface area contributed by atoms with Gasteiger partial charge in [0.2, 0.25) is 0 Å². The van der Waals surface area contributed by atoms with Crippen molar-refractivity contribution in [2.24, 2.45) is 34.5 Å². The van der Waals surface area contributed by atoms with Crippen LogP contribution in [0.2, 0.25) is 18.1 Å². The summed E-state index contributed by atoms with van der Waals surface area (Å²) in [5.41, 5.74) is 0.734. The van der Waals surface area contributed by atoms with Crippen molar-refractivity contribution in [2.75, 3.05) is 0 Å². The highest BCUT2D eigenvalue weighted by molar-refractivity contribution is 6.74. The number of aliphatic hydroxyl groups excluding tert-OH is 1. The Kier molecular flexibility index (Phi) is 5.21. The predicted octanol–water partition coefficient (Wildman–Crippen LogP) is 6.78. The number of hydrogen-bond acceptors (Lipinski definition) is 2. The van der Waals surface area contributed by atoms with Gasteiger partial charge in [-0.15, -0.1) is 0 Å². The average Bonchev–Trinajstić information content (AvgIpc) is 2.89. The van der Waals surface area contributed by atoms with Crippen molar-refractivity contribution < 1.29 is 9.53 Å². The summed E-state index contributed by atoms with van der Waals surface area (Å²) in [5.74, 6) is 3.40. The van der Waals surface area contributed by atoms with Crippen LogP contribution < -0.4 is 0 Å². The SMILES string of the molecule is CC(C)(C)[Si](C)(C)O[C@H]1CC[C@@]2(C)[C@@H](CC[C@@H]3[C@@H]2CC[C@]2(C)[C@@H](O)CC[C@@H]32)C1. The molecule has 162 valence electrons. The molecule has 0 aromatic carbocycles. The third kappa shape index (κ3) is 3.17. The van der Waals surface area contributed by atoms with E-state index < -0.39 is 8.32 Å². The monoisotopic (exact) mass is 406 g/mol. The quantitative estimate of drug-likeness (QED) is 0.512. The third-order valence-electron chi connectivity index (χ3n) is 10.8. The van der Waals surface area contributed by atoms with E-state index in [-0.39, 0.29) is 11.5 Å². The summed E-state index contributed by atoms with van der Waals surface area (Å²) in [4.78, 5) is 0. The van der Waals surface area contributed by atoms with Gasteiger partial charge in [-0.25, -0.2) is 0 Å². The molecule has 0 aromatic heterocycles. The van der Waals surface area contributed by atoms with Gasteiger partial charge < -0.3 is 9.53 Å². The van der Waals surface area contributed by atoms with Crippen molar-refractivity contribution in [3.8, 4) is 0 Å². The first kappa shape index (κ1) is 21.4. The van der Waals surface area contributed by atoms with Crippen LogP contribution in [0.5, 0.6) is 0 Å². The van der Waals surface area contributed by atoms with Crippen molar-refractivity contribution in [2.45, 2.75) is 123 Å². The van der Waals surface area contributed by atoms with Crippen LogP contribution in [-0.2, 0) is 4.43 Å². The fourth-order valence-electron chi connectivity index (χ4n) is 7.89. The molecular weight excluding hydrogens is 360 g/mol. The van der Waals surface area contributed by atoms with Crippen LogP contribution in [0.15, 0.2) is 0 Å². The molecule has 0 spiro atoms. The minimum absolute atomic E-state index is 0.0438. The molecule has 3 heteroatoms. The summed E-state index contributed by atoms with van der Waals surface area (Å²) in [6.45, 7) is 17.0. The van der Waals surface area contributed by atoms with Gasteiger partial charge in [-0.2, -0.15) is 0 Å². The predicted molar refractivity (Wildman–Crippen MR) is 120 cm³/mol. The van der Waals surface area contributed by atoms with Crippen LogP contribution in [-0.4, -0.2) is 25.6 Å². The molecule has 0 aliphatic heterocycles.